The monoisotopic (exact) mass is 263 g/mol. The molecule has 1 aliphatic rings. The fourth-order valence-corrected chi connectivity index (χ4v) is 2.61. The van der Waals surface area contributed by atoms with Gasteiger partial charge in [0, 0.05) is 12.1 Å². The van der Waals surface area contributed by atoms with Crippen LogP contribution >= 0.6 is 0 Å². The van der Waals surface area contributed by atoms with Crippen LogP contribution in [-0.2, 0) is 0 Å². The van der Waals surface area contributed by atoms with E-state index in [-0.39, 0.29) is 11.9 Å². The van der Waals surface area contributed by atoms with Crippen LogP contribution in [0, 0.1) is 0 Å². The number of methoxy groups -OCH3 is 1. The van der Waals surface area contributed by atoms with Crippen molar-refractivity contribution in [3.8, 4) is 5.75 Å². The number of aliphatic hydroxyl groups is 1. The van der Waals surface area contributed by atoms with Gasteiger partial charge in [-0.15, -0.1) is 0 Å². The number of hydrogen-bond acceptors (Lipinski definition) is 3. The van der Waals surface area contributed by atoms with Gasteiger partial charge in [0.1, 0.15) is 5.75 Å². The van der Waals surface area contributed by atoms with Gasteiger partial charge in [-0.2, -0.15) is 0 Å². The van der Waals surface area contributed by atoms with Crippen LogP contribution in [0.25, 0.3) is 0 Å². The van der Waals surface area contributed by atoms with Crippen LogP contribution in [-0.4, -0.2) is 41.7 Å². The Labute approximate surface area is 114 Å². The number of amides is 1. The van der Waals surface area contributed by atoms with E-state index in [2.05, 4.69) is 0 Å². The molecule has 0 aliphatic carbocycles. The van der Waals surface area contributed by atoms with Crippen LogP contribution in [0.2, 0.25) is 0 Å². The lowest BCUT2D eigenvalue weighted by Crippen LogP contribution is -2.48. The van der Waals surface area contributed by atoms with Crippen LogP contribution in [0.4, 0.5) is 0 Å². The Morgan fingerprint density at radius 3 is 2.63 bits per heavy atom. The highest BCUT2D eigenvalue weighted by Crippen LogP contribution is 2.23. The van der Waals surface area contributed by atoms with E-state index < -0.39 is 6.10 Å². The van der Waals surface area contributed by atoms with Crippen LogP contribution in [0.15, 0.2) is 24.3 Å². The molecule has 1 N–H and O–H groups in total. The summed E-state index contributed by atoms with van der Waals surface area (Å²) in [7, 11) is 1.60. The fraction of sp³-hybridized carbons (Fsp3) is 0.533. The molecule has 104 valence electrons. The highest BCUT2D eigenvalue weighted by atomic mass is 16.5. The molecule has 1 aliphatic heterocycles. The van der Waals surface area contributed by atoms with E-state index in [1.807, 2.05) is 0 Å². The second-order valence-corrected chi connectivity index (χ2v) is 5.03. The number of carbonyl (C=O) groups excluding carboxylic acids is 1. The van der Waals surface area contributed by atoms with Crippen LogP contribution < -0.4 is 4.74 Å². The number of nitrogens with zero attached hydrogens (tertiary/aromatic N) is 1. The Kier molecular flexibility index (Phi) is 4.43. The zero-order valence-electron chi connectivity index (χ0n) is 11.5. The highest BCUT2D eigenvalue weighted by Gasteiger charge is 2.30. The molecule has 1 heterocycles. The second kappa shape index (κ2) is 6.06. The number of likely N-dealkylation sites (tertiary alicyclic amines) is 1. The lowest BCUT2D eigenvalue weighted by atomic mass is 9.97. The van der Waals surface area contributed by atoms with E-state index in [0.717, 1.165) is 31.6 Å². The number of rotatable bonds is 3. The summed E-state index contributed by atoms with van der Waals surface area (Å²) in [4.78, 5) is 14.3. The van der Waals surface area contributed by atoms with Crippen LogP contribution in [0.5, 0.6) is 5.75 Å². The molecular formula is C15H21NO3. The third-order valence-corrected chi connectivity index (χ3v) is 3.70. The van der Waals surface area contributed by atoms with Crippen molar-refractivity contribution in [1.29, 1.82) is 0 Å². The minimum Gasteiger partial charge on any atom is -0.497 e. The SMILES string of the molecule is COc1ccc(C(=O)N2CCCC[C@H]2[C@H](C)O)cc1. The summed E-state index contributed by atoms with van der Waals surface area (Å²) >= 11 is 0. The van der Waals surface area contributed by atoms with Crippen molar-refractivity contribution < 1.29 is 14.6 Å². The average molecular weight is 263 g/mol. The van der Waals surface area contributed by atoms with Gasteiger partial charge in [0.05, 0.1) is 19.3 Å². The number of hydrogen-bond donors (Lipinski definition) is 1. The van der Waals surface area contributed by atoms with Crippen molar-refractivity contribution in [2.45, 2.75) is 38.3 Å². The maximum atomic E-state index is 12.5. The maximum Gasteiger partial charge on any atom is 0.254 e. The zero-order valence-corrected chi connectivity index (χ0v) is 11.5. The topological polar surface area (TPSA) is 49.8 Å². The van der Waals surface area contributed by atoms with Gasteiger partial charge < -0.3 is 14.7 Å². The first-order valence-corrected chi connectivity index (χ1v) is 6.76. The highest BCUT2D eigenvalue weighted by molar-refractivity contribution is 5.94. The van der Waals surface area contributed by atoms with E-state index in [1.54, 1.807) is 43.2 Å². The summed E-state index contributed by atoms with van der Waals surface area (Å²) in [5.41, 5.74) is 0.647. The summed E-state index contributed by atoms with van der Waals surface area (Å²) < 4.78 is 5.09. The molecule has 1 saturated heterocycles. The van der Waals surface area contributed by atoms with E-state index >= 15 is 0 Å². The molecule has 0 spiro atoms. The minimum absolute atomic E-state index is 0.00625. The van der Waals surface area contributed by atoms with Gasteiger partial charge in [0.25, 0.3) is 5.91 Å². The molecule has 1 fully saturated rings. The summed E-state index contributed by atoms with van der Waals surface area (Å²) in [6, 6.07) is 7.05. The lowest BCUT2D eigenvalue weighted by molar-refractivity contribution is 0.0281. The van der Waals surface area contributed by atoms with Crippen molar-refractivity contribution in [3.63, 3.8) is 0 Å². The molecule has 4 heteroatoms. The first kappa shape index (κ1) is 13.9. The first-order valence-electron chi connectivity index (χ1n) is 6.76. The second-order valence-electron chi connectivity index (χ2n) is 5.03. The zero-order chi connectivity index (χ0) is 13.8. The molecule has 1 aromatic rings. The number of benzene rings is 1. The molecule has 0 radical (unpaired) electrons. The summed E-state index contributed by atoms with van der Waals surface area (Å²) in [5.74, 6) is 0.732. The molecule has 4 nitrogen and oxygen atoms in total. The molecule has 1 amide bonds. The molecule has 0 unspecified atom stereocenters. The van der Waals surface area contributed by atoms with E-state index in [9.17, 15) is 9.90 Å². The Bertz CT molecular complexity index is 428. The van der Waals surface area contributed by atoms with E-state index in [4.69, 9.17) is 4.74 Å². The maximum absolute atomic E-state index is 12.5. The predicted molar refractivity (Wildman–Crippen MR) is 73.4 cm³/mol. The van der Waals surface area contributed by atoms with Gasteiger partial charge in [-0.1, -0.05) is 0 Å². The van der Waals surface area contributed by atoms with Crippen molar-refractivity contribution in [1.82, 2.24) is 4.90 Å². The summed E-state index contributed by atoms with van der Waals surface area (Å²) in [6.07, 6.45) is 2.47. The molecule has 0 saturated carbocycles. The quantitative estimate of drug-likeness (QED) is 0.908. The van der Waals surface area contributed by atoms with Gasteiger partial charge in [-0.05, 0) is 50.5 Å². The normalized spacial score (nSPS) is 21.0. The number of aliphatic hydroxyl groups excluding tert-OH is 1. The molecule has 19 heavy (non-hydrogen) atoms. The predicted octanol–water partition coefficient (Wildman–Crippen LogP) is 2.07. The van der Waals surface area contributed by atoms with Gasteiger partial charge in [-0.25, -0.2) is 0 Å². The lowest BCUT2D eigenvalue weighted by Gasteiger charge is -2.37. The van der Waals surface area contributed by atoms with E-state index in [0.29, 0.717) is 5.56 Å². The van der Waals surface area contributed by atoms with Gasteiger partial charge in [-0.3, -0.25) is 4.79 Å². The van der Waals surface area contributed by atoms with Gasteiger partial charge in [0.2, 0.25) is 0 Å². The van der Waals surface area contributed by atoms with Gasteiger partial charge in [0.15, 0.2) is 0 Å². The number of piperidine rings is 1. The Balaban J connectivity index is 2.16. The van der Waals surface area contributed by atoms with Crippen LogP contribution in [0.1, 0.15) is 36.5 Å². The Morgan fingerprint density at radius 1 is 1.37 bits per heavy atom. The summed E-state index contributed by atoms with van der Waals surface area (Å²) in [5, 5.41) is 9.81. The number of carbonyl (C=O) groups is 1. The smallest absolute Gasteiger partial charge is 0.254 e. The molecule has 2 rings (SSSR count). The van der Waals surface area contributed by atoms with Crippen molar-refractivity contribution in [2.24, 2.45) is 0 Å². The molecule has 2 atom stereocenters. The Hall–Kier alpha value is -1.55. The standard InChI is InChI=1S/C15H21NO3/c1-11(17)14-5-3-4-10-16(14)15(18)12-6-8-13(19-2)9-7-12/h6-9,11,14,17H,3-5,10H2,1-2H3/t11-,14-/m0/s1. The molecule has 0 bridgehead atoms. The third-order valence-electron chi connectivity index (χ3n) is 3.70. The number of ether oxygens (including phenoxy) is 1. The van der Waals surface area contributed by atoms with Crippen LogP contribution in [0.3, 0.4) is 0 Å². The molecular weight excluding hydrogens is 242 g/mol. The van der Waals surface area contributed by atoms with Crippen molar-refractivity contribution in [2.75, 3.05) is 13.7 Å². The minimum atomic E-state index is -0.484. The first-order chi connectivity index (χ1) is 9.13. The largest absolute Gasteiger partial charge is 0.497 e. The van der Waals surface area contributed by atoms with Gasteiger partial charge >= 0.3 is 0 Å². The fourth-order valence-electron chi connectivity index (χ4n) is 2.61. The molecule has 1 aromatic carbocycles. The average Bonchev–Trinajstić information content (AvgIpc) is 2.46. The summed E-state index contributed by atoms with van der Waals surface area (Å²) in [6.45, 7) is 2.48. The molecule has 0 aromatic heterocycles. The van der Waals surface area contributed by atoms with Crippen molar-refractivity contribution >= 4 is 5.91 Å². The third kappa shape index (κ3) is 3.07. The van der Waals surface area contributed by atoms with Crippen molar-refractivity contribution in [3.05, 3.63) is 29.8 Å². The Morgan fingerprint density at radius 2 is 2.05 bits per heavy atom. The van der Waals surface area contributed by atoms with E-state index in [1.165, 1.54) is 0 Å².